The Balaban J connectivity index is 1.65. The summed E-state index contributed by atoms with van der Waals surface area (Å²) >= 11 is 5.32. The van der Waals surface area contributed by atoms with E-state index < -0.39 is 0 Å². The van der Waals surface area contributed by atoms with Crippen molar-refractivity contribution in [2.45, 2.75) is 25.3 Å². The van der Waals surface area contributed by atoms with E-state index in [9.17, 15) is 0 Å². The van der Waals surface area contributed by atoms with Gasteiger partial charge in [-0.15, -0.1) is 11.3 Å². The Kier molecular flexibility index (Phi) is 4.62. The second kappa shape index (κ2) is 5.99. The lowest BCUT2D eigenvalue weighted by Gasteiger charge is -2.23. The molecule has 2 nitrogen and oxygen atoms in total. The van der Waals surface area contributed by atoms with Crippen LogP contribution in [-0.2, 0) is 6.42 Å². The van der Waals surface area contributed by atoms with Crippen molar-refractivity contribution in [2.75, 3.05) is 19.6 Å². The van der Waals surface area contributed by atoms with Crippen LogP contribution >= 0.6 is 27.3 Å². The summed E-state index contributed by atoms with van der Waals surface area (Å²) in [6.45, 7) is 3.42. The number of piperidine rings is 1. The van der Waals surface area contributed by atoms with Crippen molar-refractivity contribution in [3.63, 3.8) is 0 Å². The van der Waals surface area contributed by atoms with Gasteiger partial charge in [0, 0.05) is 24.0 Å². The molecule has 0 bridgehead atoms. The van der Waals surface area contributed by atoms with E-state index in [1.807, 2.05) is 11.3 Å². The molecule has 0 amide bonds. The molecule has 15 heavy (non-hydrogen) atoms. The lowest BCUT2D eigenvalue weighted by molar-refractivity contribution is 0.392. The van der Waals surface area contributed by atoms with Gasteiger partial charge in [0.1, 0.15) is 0 Å². The monoisotopic (exact) mass is 288 g/mol. The third kappa shape index (κ3) is 3.87. The van der Waals surface area contributed by atoms with E-state index in [1.165, 1.54) is 28.0 Å². The highest BCUT2D eigenvalue weighted by molar-refractivity contribution is 9.11. The van der Waals surface area contributed by atoms with Crippen LogP contribution in [0.4, 0.5) is 0 Å². The minimum absolute atomic E-state index is 0.683. The van der Waals surface area contributed by atoms with Gasteiger partial charge in [0.2, 0.25) is 0 Å². The van der Waals surface area contributed by atoms with Gasteiger partial charge in [-0.3, -0.25) is 0 Å². The average molecular weight is 289 g/mol. The van der Waals surface area contributed by atoms with E-state index in [1.54, 1.807) is 0 Å². The molecule has 1 unspecified atom stereocenters. The molecule has 1 aliphatic rings. The van der Waals surface area contributed by atoms with Crippen molar-refractivity contribution in [1.29, 1.82) is 0 Å². The standard InChI is InChI=1S/C11H17BrN2S/c12-11-4-3-10(15-11)5-7-14-9-2-1-6-13-8-9/h3-4,9,13-14H,1-2,5-8H2. The van der Waals surface area contributed by atoms with Gasteiger partial charge in [0.25, 0.3) is 0 Å². The second-order valence-corrected chi connectivity index (χ2v) is 6.50. The second-order valence-electron chi connectivity index (χ2n) is 3.95. The highest BCUT2D eigenvalue weighted by Crippen LogP contribution is 2.22. The molecule has 0 aromatic carbocycles. The van der Waals surface area contributed by atoms with E-state index in [2.05, 4.69) is 38.7 Å². The average Bonchev–Trinajstić information content (AvgIpc) is 2.66. The summed E-state index contributed by atoms with van der Waals surface area (Å²) < 4.78 is 1.23. The van der Waals surface area contributed by atoms with Gasteiger partial charge in [-0.25, -0.2) is 0 Å². The summed E-state index contributed by atoms with van der Waals surface area (Å²) in [4.78, 5) is 1.46. The van der Waals surface area contributed by atoms with Crippen LogP contribution in [0.3, 0.4) is 0 Å². The van der Waals surface area contributed by atoms with Gasteiger partial charge in [-0.2, -0.15) is 0 Å². The summed E-state index contributed by atoms with van der Waals surface area (Å²) in [5.74, 6) is 0. The molecular formula is C11H17BrN2S. The van der Waals surface area contributed by atoms with Crippen LogP contribution in [0.5, 0.6) is 0 Å². The Bertz CT molecular complexity index is 295. The summed E-state index contributed by atoms with van der Waals surface area (Å²) in [6, 6.07) is 5.01. The molecule has 2 heterocycles. The molecule has 0 radical (unpaired) electrons. The topological polar surface area (TPSA) is 24.1 Å². The van der Waals surface area contributed by atoms with Crippen molar-refractivity contribution < 1.29 is 0 Å². The van der Waals surface area contributed by atoms with Gasteiger partial charge in [0.15, 0.2) is 0 Å². The van der Waals surface area contributed by atoms with E-state index in [0.29, 0.717) is 6.04 Å². The van der Waals surface area contributed by atoms with Gasteiger partial charge in [0.05, 0.1) is 3.79 Å². The maximum absolute atomic E-state index is 3.61. The van der Waals surface area contributed by atoms with Crippen molar-refractivity contribution in [1.82, 2.24) is 10.6 Å². The zero-order valence-electron chi connectivity index (χ0n) is 8.76. The first-order chi connectivity index (χ1) is 7.34. The van der Waals surface area contributed by atoms with Crippen LogP contribution in [0.1, 0.15) is 17.7 Å². The minimum atomic E-state index is 0.683. The fraction of sp³-hybridized carbons (Fsp3) is 0.636. The SMILES string of the molecule is Brc1ccc(CCNC2CCCNC2)s1. The first-order valence-electron chi connectivity index (χ1n) is 5.53. The smallest absolute Gasteiger partial charge is 0.0701 e. The summed E-state index contributed by atoms with van der Waals surface area (Å²) in [5.41, 5.74) is 0. The molecule has 2 rings (SSSR count). The Morgan fingerprint density at radius 2 is 2.47 bits per heavy atom. The maximum atomic E-state index is 3.61. The van der Waals surface area contributed by atoms with Gasteiger partial charge < -0.3 is 10.6 Å². The quantitative estimate of drug-likeness (QED) is 0.889. The van der Waals surface area contributed by atoms with E-state index in [4.69, 9.17) is 0 Å². The highest BCUT2D eigenvalue weighted by Gasteiger charge is 2.11. The van der Waals surface area contributed by atoms with Gasteiger partial charge in [-0.05, 0) is 53.9 Å². The number of halogens is 1. The number of thiophene rings is 1. The zero-order chi connectivity index (χ0) is 10.5. The van der Waals surface area contributed by atoms with Crippen LogP contribution in [0.2, 0.25) is 0 Å². The van der Waals surface area contributed by atoms with Crippen LogP contribution in [0.25, 0.3) is 0 Å². The Hall–Kier alpha value is 0.1000. The zero-order valence-corrected chi connectivity index (χ0v) is 11.2. The molecule has 0 saturated carbocycles. The first-order valence-corrected chi connectivity index (χ1v) is 7.14. The molecule has 1 fully saturated rings. The lowest BCUT2D eigenvalue weighted by Crippen LogP contribution is -2.43. The van der Waals surface area contributed by atoms with Crippen molar-refractivity contribution >= 4 is 27.3 Å². The number of rotatable bonds is 4. The maximum Gasteiger partial charge on any atom is 0.0701 e. The predicted octanol–water partition coefficient (Wildman–Crippen LogP) is 2.39. The van der Waals surface area contributed by atoms with E-state index >= 15 is 0 Å². The molecule has 1 aromatic rings. The van der Waals surface area contributed by atoms with E-state index in [0.717, 1.165) is 19.5 Å². The fourth-order valence-electron chi connectivity index (χ4n) is 1.91. The predicted molar refractivity (Wildman–Crippen MR) is 69.6 cm³/mol. The van der Waals surface area contributed by atoms with E-state index in [-0.39, 0.29) is 0 Å². The van der Waals surface area contributed by atoms with Crippen LogP contribution in [0, 0.1) is 0 Å². The fourth-order valence-corrected chi connectivity index (χ4v) is 3.39. The highest BCUT2D eigenvalue weighted by atomic mass is 79.9. The molecule has 1 atom stereocenters. The molecule has 84 valence electrons. The number of hydrogen-bond donors (Lipinski definition) is 2. The molecule has 0 spiro atoms. The summed E-state index contributed by atoms with van der Waals surface area (Å²) in [5, 5.41) is 7.03. The van der Waals surface area contributed by atoms with Crippen molar-refractivity contribution in [3.8, 4) is 0 Å². The largest absolute Gasteiger partial charge is 0.315 e. The third-order valence-corrected chi connectivity index (χ3v) is 4.41. The number of nitrogens with one attached hydrogen (secondary N) is 2. The molecular weight excluding hydrogens is 272 g/mol. The third-order valence-electron chi connectivity index (χ3n) is 2.73. The molecule has 1 aromatic heterocycles. The molecule has 1 saturated heterocycles. The Labute approximate surface area is 104 Å². The van der Waals surface area contributed by atoms with Gasteiger partial charge >= 0.3 is 0 Å². The first kappa shape index (κ1) is 11.6. The Morgan fingerprint density at radius 1 is 1.53 bits per heavy atom. The normalized spacial score (nSPS) is 21.8. The molecule has 4 heteroatoms. The Morgan fingerprint density at radius 3 is 3.13 bits per heavy atom. The van der Waals surface area contributed by atoms with Crippen LogP contribution in [0.15, 0.2) is 15.9 Å². The summed E-state index contributed by atoms with van der Waals surface area (Å²) in [6.07, 6.45) is 3.77. The number of hydrogen-bond acceptors (Lipinski definition) is 3. The molecule has 2 N–H and O–H groups in total. The van der Waals surface area contributed by atoms with Crippen LogP contribution in [-0.4, -0.2) is 25.7 Å². The van der Waals surface area contributed by atoms with Crippen molar-refractivity contribution in [3.05, 3.63) is 20.8 Å². The minimum Gasteiger partial charge on any atom is -0.315 e. The molecule has 0 aliphatic carbocycles. The lowest BCUT2D eigenvalue weighted by atomic mass is 10.1. The van der Waals surface area contributed by atoms with Gasteiger partial charge in [-0.1, -0.05) is 0 Å². The molecule has 1 aliphatic heterocycles. The summed E-state index contributed by atoms with van der Waals surface area (Å²) in [7, 11) is 0. The van der Waals surface area contributed by atoms with Crippen LogP contribution < -0.4 is 10.6 Å². The van der Waals surface area contributed by atoms with Crippen molar-refractivity contribution in [2.24, 2.45) is 0 Å².